The summed E-state index contributed by atoms with van der Waals surface area (Å²) in [7, 11) is 3.52. The van der Waals surface area contributed by atoms with Crippen LogP contribution in [0.15, 0.2) is 5.51 Å². The Bertz CT molecular complexity index is 322. The molecule has 0 aromatic carbocycles. The molecular weight excluding hydrogens is 200 g/mol. The molecular formula is C9H14N2O2S. The van der Waals surface area contributed by atoms with E-state index in [9.17, 15) is 4.79 Å². The van der Waals surface area contributed by atoms with Gasteiger partial charge in [0.25, 0.3) is 0 Å². The van der Waals surface area contributed by atoms with Crippen LogP contribution in [0.5, 0.6) is 0 Å². The highest BCUT2D eigenvalue weighted by molar-refractivity contribution is 7.10. The zero-order valence-corrected chi connectivity index (χ0v) is 9.34. The van der Waals surface area contributed by atoms with Crippen LogP contribution >= 0.6 is 11.3 Å². The summed E-state index contributed by atoms with van der Waals surface area (Å²) in [4.78, 5) is 17.7. The molecule has 0 saturated heterocycles. The molecule has 1 aromatic rings. The first-order valence-electron chi connectivity index (χ1n) is 4.39. The minimum Gasteiger partial charge on any atom is -0.480 e. The Labute approximate surface area is 87.2 Å². The Balaban J connectivity index is 3.04. The summed E-state index contributed by atoms with van der Waals surface area (Å²) in [5.74, 6) is -0.825. The van der Waals surface area contributed by atoms with Gasteiger partial charge in [-0.2, -0.15) is 0 Å². The summed E-state index contributed by atoms with van der Waals surface area (Å²) in [6, 6.07) is -0.572. The Kier molecular flexibility index (Phi) is 3.60. The van der Waals surface area contributed by atoms with E-state index in [0.717, 1.165) is 17.0 Å². The average molecular weight is 214 g/mol. The number of likely N-dealkylation sites (N-methyl/N-ethyl adjacent to an activating group) is 1. The zero-order chi connectivity index (χ0) is 10.7. The van der Waals surface area contributed by atoms with Crippen LogP contribution in [-0.2, 0) is 11.2 Å². The van der Waals surface area contributed by atoms with E-state index < -0.39 is 12.0 Å². The van der Waals surface area contributed by atoms with Crippen LogP contribution in [0.2, 0.25) is 0 Å². The van der Waals surface area contributed by atoms with Crippen LogP contribution in [0.4, 0.5) is 0 Å². The minimum absolute atomic E-state index is 0.572. The standard InChI is InChI=1S/C9H14N2O2S/c1-4-6-8(14-5-10-6)7(9(12)13)11(2)3/h5,7H,4H2,1-3H3,(H,12,13). The molecule has 0 amide bonds. The van der Waals surface area contributed by atoms with Gasteiger partial charge in [-0.15, -0.1) is 11.3 Å². The van der Waals surface area contributed by atoms with Crippen molar-refractivity contribution >= 4 is 17.3 Å². The SMILES string of the molecule is CCc1ncsc1C(C(=O)O)N(C)C. The number of thiazole rings is 1. The minimum atomic E-state index is -0.825. The molecule has 0 aliphatic rings. The van der Waals surface area contributed by atoms with Gasteiger partial charge in [-0.25, -0.2) is 4.98 Å². The molecule has 0 bridgehead atoms. The van der Waals surface area contributed by atoms with Crippen LogP contribution < -0.4 is 0 Å². The number of carboxylic acid groups (broad SMARTS) is 1. The Hall–Kier alpha value is -0.940. The molecule has 14 heavy (non-hydrogen) atoms. The van der Waals surface area contributed by atoms with E-state index >= 15 is 0 Å². The molecule has 1 atom stereocenters. The van der Waals surface area contributed by atoms with Crippen molar-refractivity contribution in [2.24, 2.45) is 0 Å². The number of hydrogen-bond donors (Lipinski definition) is 1. The molecule has 5 heteroatoms. The van der Waals surface area contributed by atoms with Gasteiger partial charge in [-0.3, -0.25) is 9.69 Å². The van der Waals surface area contributed by atoms with Crippen molar-refractivity contribution in [3.8, 4) is 0 Å². The number of carbonyl (C=O) groups is 1. The highest BCUT2D eigenvalue weighted by Gasteiger charge is 2.26. The van der Waals surface area contributed by atoms with Gasteiger partial charge in [0.05, 0.1) is 16.1 Å². The van der Waals surface area contributed by atoms with Gasteiger partial charge in [-0.05, 0) is 20.5 Å². The molecule has 0 radical (unpaired) electrons. The van der Waals surface area contributed by atoms with Crippen LogP contribution in [0, 0.1) is 0 Å². The van der Waals surface area contributed by atoms with Gasteiger partial charge in [0.2, 0.25) is 0 Å². The van der Waals surface area contributed by atoms with Crippen molar-refractivity contribution in [1.29, 1.82) is 0 Å². The number of aryl methyl sites for hydroxylation is 1. The summed E-state index contributed by atoms with van der Waals surface area (Å²) in [5.41, 5.74) is 2.59. The summed E-state index contributed by atoms with van der Waals surface area (Å²) in [6.07, 6.45) is 0.774. The summed E-state index contributed by atoms with van der Waals surface area (Å²) in [5, 5.41) is 9.07. The second kappa shape index (κ2) is 4.52. The molecule has 78 valence electrons. The summed E-state index contributed by atoms with van der Waals surface area (Å²) < 4.78 is 0. The average Bonchev–Trinajstić information content (AvgIpc) is 2.51. The Morgan fingerprint density at radius 2 is 2.36 bits per heavy atom. The lowest BCUT2D eigenvalue weighted by molar-refractivity contribution is -0.142. The van der Waals surface area contributed by atoms with Crippen LogP contribution in [0.25, 0.3) is 0 Å². The molecule has 1 heterocycles. The lowest BCUT2D eigenvalue weighted by Gasteiger charge is -2.19. The zero-order valence-electron chi connectivity index (χ0n) is 8.52. The van der Waals surface area contributed by atoms with Gasteiger partial charge in [0, 0.05) is 0 Å². The first-order chi connectivity index (χ1) is 6.57. The summed E-state index contributed by atoms with van der Waals surface area (Å²) in [6.45, 7) is 1.98. The van der Waals surface area contributed by atoms with E-state index in [-0.39, 0.29) is 0 Å². The largest absolute Gasteiger partial charge is 0.480 e. The number of aliphatic carboxylic acids is 1. The number of carboxylic acids is 1. The molecule has 1 rings (SSSR count). The van der Waals surface area contributed by atoms with Gasteiger partial charge >= 0.3 is 5.97 Å². The molecule has 0 aliphatic heterocycles. The van der Waals surface area contributed by atoms with Crippen LogP contribution in [0.1, 0.15) is 23.5 Å². The van der Waals surface area contributed by atoms with Crippen molar-refractivity contribution in [1.82, 2.24) is 9.88 Å². The maximum Gasteiger partial charge on any atom is 0.326 e. The van der Waals surface area contributed by atoms with Crippen LogP contribution in [0.3, 0.4) is 0 Å². The number of hydrogen-bond acceptors (Lipinski definition) is 4. The Morgan fingerprint density at radius 1 is 1.71 bits per heavy atom. The third-order valence-electron chi connectivity index (χ3n) is 2.01. The van der Waals surface area contributed by atoms with Gasteiger partial charge < -0.3 is 5.11 Å². The molecule has 1 N–H and O–H groups in total. The summed E-state index contributed by atoms with van der Waals surface area (Å²) >= 11 is 1.41. The molecule has 0 fully saturated rings. The normalized spacial score (nSPS) is 13.1. The van der Waals surface area contributed by atoms with Gasteiger partial charge in [0.15, 0.2) is 0 Å². The van der Waals surface area contributed by atoms with Crippen molar-refractivity contribution in [3.05, 3.63) is 16.1 Å². The first kappa shape index (κ1) is 11.1. The number of nitrogens with zero attached hydrogens (tertiary/aromatic N) is 2. The Morgan fingerprint density at radius 3 is 2.79 bits per heavy atom. The topological polar surface area (TPSA) is 53.4 Å². The van der Waals surface area contributed by atoms with E-state index in [1.807, 2.05) is 6.92 Å². The van der Waals surface area contributed by atoms with Crippen molar-refractivity contribution in [2.45, 2.75) is 19.4 Å². The van der Waals surface area contributed by atoms with Gasteiger partial charge in [0.1, 0.15) is 6.04 Å². The maximum absolute atomic E-state index is 11.0. The lowest BCUT2D eigenvalue weighted by Crippen LogP contribution is -2.27. The van der Waals surface area contributed by atoms with E-state index in [4.69, 9.17) is 5.11 Å². The molecule has 1 unspecified atom stereocenters. The highest BCUT2D eigenvalue weighted by atomic mass is 32.1. The molecule has 4 nitrogen and oxygen atoms in total. The second-order valence-corrected chi connectivity index (χ2v) is 4.11. The fourth-order valence-electron chi connectivity index (χ4n) is 1.33. The fraction of sp³-hybridized carbons (Fsp3) is 0.556. The highest BCUT2D eigenvalue weighted by Crippen LogP contribution is 2.26. The van der Waals surface area contributed by atoms with E-state index in [1.165, 1.54) is 11.3 Å². The third kappa shape index (κ3) is 2.10. The van der Waals surface area contributed by atoms with E-state index in [0.29, 0.717) is 0 Å². The molecule has 0 spiro atoms. The van der Waals surface area contributed by atoms with Crippen molar-refractivity contribution < 1.29 is 9.90 Å². The van der Waals surface area contributed by atoms with Gasteiger partial charge in [-0.1, -0.05) is 6.92 Å². The number of aromatic nitrogens is 1. The first-order valence-corrected chi connectivity index (χ1v) is 5.27. The predicted molar refractivity (Wildman–Crippen MR) is 55.6 cm³/mol. The fourth-order valence-corrected chi connectivity index (χ4v) is 2.40. The second-order valence-electron chi connectivity index (χ2n) is 3.22. The monoisotopic (exact) mass is 214 g/mol. The molecule has 0 aliphatic carbocycles. The van der Waals surface area contributed by atoms with Crippen molar-refractivity contribution in [2.75, 3.05) is 14.1 Å². The quantitative estimate of drug-likeness (QED) is 0.823. The molecule has 1 aromatic heterocycles. The third-order valence-corrected chi connectivity index (χ3v) is 2.93. The molecule has 0 saturated carbocycles. The van der Waals surface area contributed by atoms with E-state index in [2.05, 4.69) is 4.98 Å². The van der Waals surface area contributed by atoms with E-state index in [1.54, 1.807) is 24.5 Å². The number of rotatable bonds is 4. The predicted octanol–water partition coefficient (Wildman–Crippen LogP) is 1.39. The lowest BCUT2D eigenvalue weighted by atomic mass is 10.1. The van der Waals surface area contributed by atoms with Crippen LogP contribution in [-0.4, -0.2) is 35.1 Å². The smallest absolute Gasteiger partial charge is 0.326 e. The maximum atomic E-state index is 11.0. The van der Waals surface area contributed by atoms with Crippen molar-refractivity contribution in [3.63, 3.8) is 0 Å².